The number of nitro benzene ring substituents is 1. The van der Waals surface area contributed by atoms with Crippen LogP contribution in [0.2, 0.25) is 0 Å². The van der Waals surface area contributed by atoms with Gasteiger partial charge in [0.2, 0.25) is 0 Å². The molecule has 150 valence electrons. The van der Waals surface area contributed by atoms with Gasteiger partial charge < -0.3 is 4.57 Å². The van der Waals surface area contributed by atoms with Gasteiger partial charge in [0, 0.05) is 24.6 Å². The molecule has 29 heavy (non-hydrogen) atoms. The lowest BCUT2D eigenvalue weighted by atomic mass is 10.1. The van der Waals surface area contributed by atoms with Crippen LogP contribution in [-0.2, 0) is 13.2 Å². The number of hydrazine groups is 1. The Morgan fingerprint density at radius 2 is 1.83 bits per heavy atom. The lowest BCUT2D eigenvalue weighted by Crippen LogP contribution is -2.31. The Bertz CT molecular complexity index is 1190. The van der Waals surface area contributed by atoms with E-state index in [0.717, 1.165) is 12.1 Å². The van der Waals surface area contributed by atoms with E-state index in [1.54, 1.807) is 24.3 Å². The van der Waals surface area contributed by atoms with Crippen molar-refractivity contribution in [2.45, 2.75) is 6.18 Å². The van der Waals surface area contributed by atoms with Gasteiger partial charge in [-0.15, -0.1) is 0 Å². The molecule has 0 aliphatic carbocycles. The number of aryl methyl sites for hydroxylation is 1. The number of nitrogens with one attached hydrogen (secondary N) is 2. The van der Waals surface area contributed by atoms with E-state index in [1.807, 2.05) is 0 Å². The predicted octanol–water partition coefficient (Wildman–Crippen LogP) is 3.22. The lowest BCUT2D eigenvalue weighted by Gasteiger charge is -2.13. The zero-order valence-electron chi connectivity index (χ0n) is 14.8. The van der Waals surface area contributed by atoms with Crippen LogP contribution in [0.3, 0.4) is 0 Å². The van der Waals surface area contributed by atoms with Crippen molar-refractivity contribution in [1.29, 1.82) is 0 Å². The summed E-state index contributed by atoms with van der Waals surface area (Å²) in [5.74, 6) is -0.784. The highest BCUT2D eigenvalue weighted by atomic mass is 19.4. The summed E-state index contributed by atoms with van der Waals surface area (Å²) in [5, 5.41) is 11.6. The van der Waals surface area contributed by atoms with Crippen molar-refractivity contribution in [2.24, 2.45) is 7.05 Å². The topological polar surface area (TPSA) is 106 Å². The van der Waals surface area contributed by atoms with Crippen molar-refractivity contribution >= 4 is 28.2 Å². The third-order valence-corrected chi connectivity index (χ3v) is 4.23. The first kappa shape index (κ1) is 19.9. The van der Waals surface area contributed by atoms with Gasteiger partial charge in [-0.05, 0) is 18.2 Å². The number of carbonyl (C=O) groups is 1. The molecule has 0 saturated heterocycles. The Hall–Kier alpha value is -3.89. The van der Waals surface area contributed by atoms with Crippen LogP contribution >= 0.6 is 0 Å². The number of alkyl halides is 3. The van der Waals surface area contributed by atoms with E-state index in [0.29, 0.717) is 23.0 Å². The molecular weight excluding hydrogens is 393 g/mol. The second-order valence-corrected chi connectivity index (χ2v) is 6.04. The van der Waals surface area contributed by atoms with Crippen LogP contribution < -0.4 is 16.4 Å². The van der Waals surface area contributed by atoms with Gasteiger partial charge in [-0.25, -0.2) is 0 Å². The van der Waals surface area contributed by atoms with Gasteiger partial charge in [0.15, 0.2) is 0 Å². The third kappa shape index (κ3) is 3.88. The third-order valence-electron chi connectivity index (χ3n) is 4.23. The second-order valence-electron chi connectivity index (χ2n) is 6.04. The SMILES string of the molecule is Cn1c(=O)cc(C(=O)NNc2ccc(C(F)(F)F)cc2[N+](=O)[O-])c2ccccc21. The quantitative estimate of drug-likeness (QED) is 0.511. The van der Waals surface area contributed by atoms with Crippen LogP contribution in [0.1, 0.15) is 15.9 Å². The van der Waals surface area contributed by atoms with Crippen molar-refractivity contribution < 1.29 is 22.9 Å². The number of nitrogens with zero attached hydrogens (tertiary/aromatic N) is 2. The molecule has 1 aromatic heterocycles. The standard InChI is InChI=1S/C18H13F3N4O4/c1-24-14-5-3-2-4-11(14)12(9-16(24)26)17(27)23-22-13-7-6-10(18(19,20)21)8-15(13)25(28)29/h2-9,22H,1H3,(H,23,27). The number of rotatable bonds is 4. The lowest BCUT2D eigenvalue weighted by molar-refractivity contribution is -0.384. The summed E-state index contributed by atoms with van der Waals surface area (Å²) >= 11 is 0. The van der Waals surface area contributed by atoms with E-state index in [2.05, 4.69) is 10.9 Å². The monoisotopic (exact) mass is 406 g/mol. The largest absolute Gasteiger partial charge is 0.416 e. The van der Waals surface area contributed by atoms with Crippen LogP contribution in [0.5, 0.6) is 0 Å². The number of nitro groups is 1. The highest BCUT2D eigenvalue weighted by Gasteiger charge is 2.33. The van der Waals surface area contributed by atoms with Gasteiger partial charge in [-0.1, -0.05) is 18.2 Å². The summed E-state index contributed by atoms with van der Waals surface area (Å²) in [5.41, 5.74) is 2.08. The first-order valence-corrected chi connectivity index (χ1v) is 8.10. The van der Waals surface area contributed by atoms with Crippen molar-refractivity contribution in [3.05, 3.63) is 80.1 Å². The predicted molar refractivity (Wildman–Crippen MR) is 98.4 cm³/mol. The highest BCUT2D eigenvalue weighted by Crippen LogP contribution is 2.34. The molecule has 3 rings (SSSR count). The van der Waals surface area contributed by atoms with E-state index in [4.69, 9.17) is 0 Å². The normalized spacial score (nSPS) is 11.3. The Balaban J connectivity index is 1.92. The Morgan fingerprint density at radius 3 is 2.48 bits per heavy atom. The van der Waals surface area contributed by atoms with Gasteiger partial charge in [0.05, 0.1) is 21.6 Å². The number of carbonyl (C=O) groups excluding carboxylic acids is 1. The Labute approximate surface area is 160 Å². The number of aromatic nitrogens is 1. The highest BCUT2D eigenvalue weighted by molar-refractivity contribution is 6.06. The summed E-state index contributed by atoms with van der Waals surface area (Å²) in [6.45, 7) is 0. The van der Waals surface area contributed by atoms with E-state index in [-0.39, 0.29) is 11.3 Å². The summed E-state index contributed by atoms with van der Waals surface area (Å²) in [7, 11) is 1.54. The minimum Gasteiger partial charge on any atom is -0.311 e. The smallest absolute Gasteiger partial charge is 0.311 e. The first-order chi connectivity index (χ1) is 13.6. The molecule has 2 N–H and O–H groups in total. The van der Waals surface area contributed by atoms with Gasteiger partial charge >= 0.3 is 6.18 Å². The van der Waals surface area contributed by atoms with E-state index >= 15 is 0 Å². The maximum atomic E-state index is 12.8. The number of fused-ring (bicyclic) bond motifs is 1. The van der Waals surface area contributed by atoms with Crippen LogP contribution in [0.4, 0.5) is 24.5 Å². The first-order valence-electron chi connectivity index (χ1n) is 8.10. The molecule has 0 fully saturated rings. The number of halogens is 3. The number of hydrogen-bond acceptors (Lipinski definition) is 5. The van der Waals surface area contributed by atoms with Crippen molar-refractivity contribution in [3.63, 3.8) is 0 Å². The molecule has 11 heteroatoms. The average molecular weight is 406 g/mol. The molecule has 1 amide bonds. The molecule has 8 nitrogen and oxygen atoms in total. The number of hydrogen-bond donors (Lipinski definition) is 2. The fourth-order valence-electron chi connectivity index (χ4n) is 2.75. The maximum absolute atomic E-state index is 12.8. The summed E-state index contributed by atoms with van der Waals surface area (Å²) < 4.78 is 39.7. The van der Waals surface area contributed by atoms with Crippen LogP contribution in [0.15, 0.2) is 53.3 Å². The molecule has 0 atom stereocenters. The number of anilines is 1. The van der Waals surface area contributed by atoms with Crippen LogP contribution in [-0.4, -0.2) is 15.4 Å². The second kappa shape index (κ2) is 7.26. The summed E-state index contributed by atoms with van der Waals surface area (Å²) in [6.07, 6.45) is -4.75. The van der Waals surface area contributed by atoms with Crippen LogP contribution in [0.25, 0.3) is 10.9 Å². The Morgan fingerprint density at radius 1 is 1.14 bits per heavy atom. The number of para-hydroxylation sites is 1. The van der Waals surface area contributed by atoms with Gasteiger partial charge in [-0.2, -0.15) is 13.2 Å². The zero-order valence-corrected chi connectivity index (χ0v) is 14.8. The number of amides is 1. The fourth-order valence-corrected chi connectivity index (χ4v) is 2.75. The number of benzene rings is 2. The van der Waals surface area contributed by atoms with Crippen molar-refractivity contribution in [1.82, 2.24) is 9.99 Å². The minimum atomic E-state index is -4.75. The molecule has 0 saturated carbocycles. The summed E-state index contributed by atoms with van der Waals surface area (Å²) in [4.78, 5) is 34.7. The Kier molecular flexibility index (Phi) is 4.97. The molecular formula is C18H13F3N4O4. The molecule has 0 radical (unpaired) electrons. The molecule has 0 bridgehead atoms. The molecule has 0 spiro atoms. The van der Waals surface area contributed by atoms with Gasteiger partial charge in [-0.3, -0.25) is 30.6 Å². The average Bonchev–Trinajstić information content (AvgIpc) is 2.68. The van der Waals surface area contributed by atoms with Crippen LogP contribution in [0, 0.1) is 10.1 Å². The molecule has 0 unspecified atom stereocenters. The molecule has 3 aromatic rings. The fraction of sp³-hybridized carbons (Fsp3) is 0.111. The van der Waals surface area contributed by atoms with Gasteiger partial charge in [0.1, 0.15) is 5.69 Å². The number of pyridine rings is 1. The minimum absolute atomic E-state index is 0.00534. The van der Waals surface area contributed by atoms with E-state index < -0.39 is 33.8 Å². The molecule has 0 aliphatic heterocycles. The molecule has 1 heterocycles. The summed E-state index contributed by atoms with van der Waals surface area (Å²) in [6, 6.07) is 9.55. The zero-order chi connectivity index (χ0) is 21.3. The molecule has 0 aliphatic rings. The van der Waals surface area contributed by atoms with Crippen molar-refractivity contribution in [2.75, 3.05) is 5.43 Å². The maximum Gasteiger partial charge on any atom is 0.416 e. The van der Waals surface area contributed by atoms with Gasteiger partial charge in [0.25, 0.3) is 17.2 Å². The van der Waals surface area contributed by atoms with E-state index in [9.17, 15) is 32.9 Å². The van der Waals surface area contributed by atoms with Crippen molar-refractivity contribution in [3.8, 4) is 0 Å². The van der Waals surface area contributed by atoms with E-state index in [1.165, 1.54) is 11.6 Å². The molecule has 2 aromatic carbocycles.